The molecule has 0 aliphatic carbocycles. The van der Waals surface area contributed by atoms with Gasteiger partial charge in [-0.2, -0.15) is 0 Å². The summed E-state index contributed by atoms with van der Waals surface area (Å²) in [6.45, 7) is 4.51. The van der Waals surface area contributed by atoms with Crippen molar-refractivity contribution in [3.63, 3.8) is 0 Å². The van der Waals surface area contributed by atoms with Crippen molar-refractivity contribution in [3.05, 3.63) is 34.9 Å². The first-order chi connectivity index (χ1) is 10.1. The average molecular weight is 312 g/mol. The molecule has 0 amide bonds. The number of hydrogen-bond acceptors (Lipinski definition) is 4. The molecule has 2 atom stereocenters. The molecule has 1 aromatic rings. The molecule has 0 spiro atoms. The van der Waals surface area contributed by atoms with Crippen molar-refractivity contribution in [1.82, 2.24) is 4.90 Å². The van der Waals surface area contributed by atoms with Crippen LogP contribution in [-0.4, -0.2) is 42.2 Å². The minimum Gasteiger partial charge on any atom is -0.466 e. The summed E-state index contributed by atoms with van der Waals surface area (Å²) in [5.74, 6) is -0.972. The maximum Gasteiger partial charge on any atom is 0.313 e. The zero-order valence-electron chi connectivity index (χ0n) is 12.3. The maximum atomic E-state index is 12.2. The number of ether oxygens (including phenoxy) is 1. The molecule has 1 saturated heterocycles. The molecule has 5 heteroatoms. The largest absolute Gasteiger partial charge is 0.466 e. The van der Waals surface area contributed by atoms with Crippen LogP contribution in [0.4, 0.5) is 0 Å². The third-order valence-electron chi connectivity index (χ3n) is 3.85. The number of benzene rings is 1. The number of nitrogens with zero attached hydrogens (tertiary/aromatic N) is 1. The average Bonchev–Trinajstić information content (AvgIpc) is 2.98. The maximum absolute atomic E-state index is 12.2. The minimum absolute atomic E-state index is 0.310. The van der Waals surface area contributed by atoms with E-state index in [1.165, 1.54) is 0 Å². The van der Waals surface area contributed by atoms with Crippen LogP contribution >= 0.6 is 11.6 Å². The molecule has 1 heterocycles. The molecule has 1 fully saturated rings. The van der Waals surface area contributed by atoms with Gasteiger partial charge in [-0.15, -0.1) is 0 Å². The number of esters is 1. The Hall–Kier alpha value is -1.10. The SMILES string of the molecule is CCOC(=O)[C@@H](CN1CCCC1)[C@H](O)c1ccccc1Cl. The number of likely N-dealkylation sites (tertiary alicyclic amines) is 1. The van der Waals surface area contributed by atoms with Crippen LogP contribution in [-0.2, 0) is 9.53 Å². The van der Waals surface area contributed by atoms with E-state index in [-0.39, 0.29) is 5.97 Å². The topological polar surface area (TPSA) is 49.8 Å². The molecule has 1 N–H and O–H groups in total. The van der Waals surface area contributed by atoms with Crippen molar-refractivity contribution in [2.75, 3.05) is 26.2 Å². The number of rotatable bonds is 6. The van der Waals surface area contributed by atoms with Crippen LogP contribution < -0.4 is 0 Å². The molecule has 0 saturated carbocycles. The fourth-order valence-corrected chi connectivity index (χ4v) is 2.98. The van der Waals surface area contributed by atoms with Crippen LogP contribution in [0.1, 0.15) is 31.4 Å². The molecule has 116 valence electrons. The summed E-state index contributed by atoms with van der Waals surface area (Å²) in [5, 5.41) is 11.1. The van der Waals surface area contributed by atoms with Gasteiger partial charge in [-0.05, 0) is 38.9 Å². The van der Waals surface area contributed by atoms with Crippen molar-refractivity contribution in [2.24, 2.45) is 5.92 Å². The smallest absolute Gasteiger partial charge is 0.313 e. The molecule has 1 aliphatic rings. The Morgan fingerprint density at radius 1 is 1.38 bits per heavy atom. The third-order valence-corrected chi connectivity index (χ3v) is 4.19. The summed E-state index contributed by atoms with van der Waals surface area (Å²) in [7, 11) is 0. The summed E-state index contributed by atoms with van der Waals surface area (Å²) >= 11 is 6.14. The lowest BCUT2D eigenvalue weighted by atomic mass is 9.95. The van der Waals surface area contributed by atoms with E-state index in [1.54, 1.807) is 25.1 Å². The standard InChI is InChI=1S/C16H22ClNO3/c1-2-21-16(20)13(11-18-9-5-6-10-18)15(19)12-7-3-4-8-14(12)17/h3-4,7-8,13,15,19H,2,5-6,9-11H2,1H3/t13-,15+/m0/s1. The van der Waals surface area contributed by atoms with Gasteiger partial charge in [-0.3, -0.25) is 4.79 Å². The van der Waals surface area contributed by atoms with Crippen LogP contribution in [0.2, 0.25) is 5.02 Å². The zero-order valence-corrected chi connectivity index (χ0v) is 13.1. The molecule has 0 bridgehead atoms. The Bertz CT molecular complexity index is 474. The monoisotopic (exact) mass is 311 g/mol. The van der Waals surface area contributed by atoms with Gasteiger partial charge in [0, 0.05) is 17.1 Å². The van der Waals surface area contributed by atoms with Crippen LogP contribution in [0.25, 0.3) is 0 Å². The molecule has 0 radical (unpaired) electrons. The third kappa shape index (κ3) is 4.19. The van der Waals surface area contributed by atoms with E-state index in [4.69, 9.17) is 16.3 Å². The number of aliphatic hydroxyl groups is 1. The number of hydrogen-bond donors (Lipinski definition) is 1. The van der Waals surface area contributed by atoms with Crippen molar-refractivity contribution in [3.8, 4) is 0 Å². The summed E-state index contributed by atoms with van der Waals surface area (Å²) in [4.78, 5) is 14.4. The highest BCUT2D eigenvalue weighted by Crippen LogP contribution is 2.30. The van der Waals surface area contributed by atoms with Gasteiger partial charge in [-0.1, -0.05) is 29.8 Å². The van der Waals surface area contributed by atoms with Gasteiger partial charge < -0.3 is 14.7 Å². The zero-order chi connectivity index (χ0) is 15.2. The van der Waals surface area contributed by atoms with E-state index in [0.29, 0.717) is 23.7 Å². The Labute approximate surface area is 130 Å². The van der Waals surface area contributed by atoms with Crippen molar-refractivity contribution >= 4 is 17.6 Å². The Balaban J connectivity index is 2.16. The molecule has 1 aliphatic heterocycles. The van der Waals surface area contributed by atoms with Crippen LogP contribution in [0.5, 0.6) is 0 Å². The Morgan fingerprint density at radius 2 is 2.05 bits per heavy atom. The van der Waals surface area contributed by atoms with E-state index < -0.39 is 12.0 Å². The Morgan fingerprint density at radius 3 is 2.67 bits per heavy atom. The lowest BCUT2D eigenvalue weighted by molar-refractivity contribution is -0.153. The predicted molar refractivity (Wildman–Crippen MR) is 82.2 cm³/mol. The molecule has 2 rings (SSSR count). The number of carbonyl (C=O) groups excluding carboxylic acids is 1. The fraction of sp³-hybridized carbons (Fsp3) is 0.562. The second-order valence-corrected chi connectivity index (χ2v) is 5.74. The fourth-order valence-electron chi connectivity index (χ4n) is 2.73. The quantitative estimate of drug-likeness (QED) is 0.821. The van der Waals surface area contributed by atoms with Crippen molar-refractivity contribution in [1.29, 1.82) is 0 Å². The number of aliphatic hydroxyl groups excluding tert-OH is 1. The van der Waals surface area contributed by atoms with Gasteiger partial charge in [0.1, 0.15) is 0 Å². The van der Waals surface area contributed by atoms with E-state index in [1.807, 2.05) is 6.07 Å². The molecular formula is C16H22ClNO3. The van der Waals surface area contributed by atoms with Crippen molar-refractivity contribution in [2.45, 2.75) is 25.9 Å². The Kier molecular flexibility index (Phi) is 6.03. The number of carbonyl (C=O) groups is 1. The second kappa shape index (κ2) is 7.78. The van der Waals surface area contributed by atoms with Crippen LogP contribution in [0.3, 0.4) is 0 Å². The van der Waals surface area contributed by atoms with E-state index >= 15 is 0 Å². The van der Waals surface area contributed by atoms with E-state index in [9.17, 15) is 9.90 Å². The van der Waals surface area contributed by atoms with Gasteiger partial charge in [0.25, 0.3) is 0 Å². The molecule has 4 nitrogen and oxygen atoms in total. The minimum atomic E-state index is -0.946. The lowest BCUT2D eigenvalue weighted by Crippen LogP contribution is -2.36. The summed E-state index contributed by atoms with van der Waals surface area (Å²) in [6.07, 6.45) is 1.33. The highest BCUT2D eigenvalue weighted by Gasteiger charge is 2.32. The van der Waals surface area contributed by atoms with E-state index in [0.717, 1.165) is 25.9 Å². The summed E-state index contributed by atoms with van der Waals surface area (Å²) in [6, 6.07) is 7.09. The normalized spacial score (nSPS) is 18.4. The van der Waals surface area contributed by atoms with Crippen LogP contribution in [0, 0.1) is 5.92 Å². The van der Waals surface area contributed by atoms with Gasteiger partial charge >= 0.3 is 5.97 Å². The van der Waals surface area contributed by atoms with Crippen LogP contribution in [0.15, 0.2) is 24.3 Å². The summed E-state index contributed by atoms with van der Waals surface area (Å²) < 4.78 is 5.13. The molecule has 1 aromatic carbocycles. The van der Waals surface area contributed by atoms with Gasteiger partial charge in [0.05, 0.1) is 18.6 Å². The van der Waals surface area contributed by atoms with Gasteiger partial charge in [0.2, 0.25) is 0 Å². The number of halogens is 1. The lowest BCUT2D eigenvalue weighted by Gasteiger charge is -2.26. The second-order valence-electron chi connectivity index (χ2n) is 5.33. The summed E-state index contributed by atoms with van der Waals surface area (Å²) in [5.41, 5.74) is 0.580. The van der Waals surface area contributed by atoms with Crippen molar-refractivity contribution < 1.29 is 14.6 Å². The highest BCUT2D eigenvalue weighted by molar-refractivity contribution is 6.31. The van der Waals surface area contributed by atoms with Gasteiger partial charge in [-0.25, -0.2) is 0 Å². The highest BCUT2D eigenvalue weighted by atomic mass is 35.5. The molecular weight excluding hydrogens is 290 g/mol. The predicted octanol–water partition coefficient (Wildman–Crippen LogP) is 2.65. The van der Waals surface area contributed by atoms with Gasteiger partial charge in [0.15, 0.2) is 0 Å². The molecule has 21 heavy (non-hydrogen) atoms. The first kappa shape index (κ1) is 16.3. The first-order valence-corrected chi connectivity index (χ1v) is 7.82. The first-order valence-electron chi connectivity index (χ1n) is 7.45. The van der Waals surface area contributed by atoms with E-state index in [2.05, 4.69) is 4.90 Å². The molecule has 0 unspecified atom stereocenters. The molecule has 0 aromatic heterocycles.